The smallest absolute Gasteiger partial charge is 0.257 e. The van der Waals surface area contributed by atoms with Crippen molar-refractivity contribution in [2.24, 2.45) is 0 Å². The first-order valence-corrected chi connectivity index (χ1v) is 7.02. The van der Waals surface area contributed by atoms with Crippen LogP contribution in [0, 0.1) is 6.92 Å². The standard InChI is InChI=1S/C16H16F2N4/c1-11-2-4-13-8-12(3-5-14(13)20-11)9-19-16-6-7-22(21-16)10-15(17)18/h2-8,15H,9-10H2,1H3,(H,19,21). The van der Waals surface area contributed by atoms with E-state index >= 15 is 0 Å². The molecule has 2 aromatic heterocycles. The number of nitrogens with one attached hydrogen (secondary N) is 1. The molecule has 0 saturated carbocycles. The molecule has 6 heteroatoms. The van der Waals surface area contributed by atoms with Crippen LogP contribution in [-0.2, 0) is 13.1 Å². The van der Waals surface area contributed by atoms with Crippen molar-refractivity contribution in [3.8, 4) is 0 Å². The molecule has 0 radical (unpaired) electrons. The fourth-order valence-electron chi connectivity index (χ4n) is 2.28. The van der Waals surface area contributed by atoms with Crippen LogP contribution < -0.4 is 5.32 Å². The molecule has 4 nitrogen and oxygen atoms in total. The van der Waals surface area contributed by atoms with Gasteiger partial charge in [-0.2, -0.15) is 5.10 Å². The molecule has 1 N–H and O–H groups in total. The third kappa shape index (κ3) is 3.39. The van der Waals surface area contributed by atoms with Gasteiger partial charge in [-0.25, -0.2) is 8.78 Å². The van der Waals surface area contributed by atoms with Gasteiger partial charge in [0.15, 0.2) is 0 Å². The minimum absolute atomic E-state index is 0.386. The highest BCUT2D eigenvalue weighted by atomic mass is 19.3. The van der Waals surface area contributed by atoms with Crippen LogP contribution in [-0.4, -0.2) is 21.2 Å². The quantitative estimate of drug-likeness (QED) is 0.783. The van der Waals surface area contributed by atoms with Gasteiger partial charge in [-0.1, -0.05) is 12.1 Å². The summed E-state index contributed by atoms with van der Waals surface area (Å²) >= 11 is 0. The van der Waals surface area contributed by atoms with Crippen molar-refractivity contribution in [1.82, 2.24) is 14.8 Å². The number of alkyl halides is 2. The average Bonchev–Trinajstić information content (AvgIpc) is 2.91. The van der Waals surface area contributed by atoms with Gasteiger partial charge in [0.1, 0.15) is 12.4 Å². The Kier molecular flexibility index (Phi) is 4.00. The minimum atomic E-state index is -2.40. The molecule has 1 aromatic carbocycles. The number of pyridine rings is 1. The summed E-state index contributed by atoms with van der Waals surface area (Å²) in [5.74, 6) is 0.586. The number of halogens is 2. The Morgan fingerprint density at radius 1 is 1.18 bits per heavy atom. The summed E-state index contributed by atoms with van der Waals surface area (Å²) in [4.78, 5) is 4.46. The number of aryl methyl sites for hydroxylation is 1. The number of hydrogen-bond acceptors (Lipinski definition) is 3. The lowest BCUT2D eigenvalue weighted by Gasteiger charge is -2.06. The molecule has 0 amide bonds. The van der Waals surface area contributed by atoms with Crippen molar-refractivity contribution in [2.45, 2.75) is 26.4 Å². The zero-order valence-corrected chi connectivity index (χ0v) is 12.1. The molecule has 0 aliphatic carbocycles. The molecule has 0 unspecified atom stereocenters. The van der Waals surface area contributed by atoms with E-state index in [0.29, 0.717) is 12.4 Å². The van der Waals surface area contributed by atoms with Gasteiger partial charge in [0.2, 0.25) is 0 Å². The number of benzene rings is 1. The van der Waals surface area contributed by atoms with Crippen molar-refractivity contribution in [3.63, 3.8) is 0 Å². The van der Waals surface area contributed by atoms with E-state index in [1.807, 2.05) is 31.2 Å². The van der Waals surface area contributed by atoms with E-state index in [4.69, 9.17) is 0 Å². The van der Waals surface area contributed by atoms with Crippen LogP contribution in [0.2, 0.25) is 0 Å². The van der Waals surface area contributed by atoms with Gasteiger partial charge in [-0.15, -0.1) is 0 Å². The number of fused-ring (bicyclic) bond motifs is 1. The lowest BCUT2D eigenvalue weighted by molar-refractivity contribution is 0.122. The highest BCUT2D eigenvalue weighted by Gasteiger charge is 2.06. The summed E-state index contributed by atoms with van der Waals surface area (Å²) in [6, 6.07) is 11.7. The van der Waals surface area contributed by atoms with Crippen molar-refractivity contribution in [1.29, 1.82) is 0 Å². The van der Waals surface area contributed by atoms with E-state index in [0.717, 1.165) is 22.2 Å². The van der Waals surface area contributed by atoms with E-state index in [1.165, 1.54) is 4.68 Å². The topological polar surface area (TPSA) is 42.7 Å². The number of nitrogens with zero attached hydrogens (tertiary/aromatic N) is 3. The van der Waals surface area contributed by atoms with Gasteiger partial charge in [0, 0.05) is 29.9 Å². The lowest BCUT2D eigenvalue weighted by atomic mass is 10.1. The first-order valence-electron chi connectivity index (χ1n) is 7.02. The molecule has 0 saturated heterocycles. The first kappa shape index (κ1) is 14.4. The van der Waals surface area contributed by atoms with Crippen LogP contribution >= 0.6 is 0 Å². The maximum absolute atomic E-state index is 12.3. The summed E-state index contributed by atoms with van der Waals surface area (Å²) in [6.07, 6.45) is -0.856. The van der Waals surface area contributed by atoms with Crippen LogP contribution in [0.5, 0.6) is 0 Å². The molecule has 3 aromatic rings. The molecular formula is C16H16F2N4. The minimum Gasteiger partial charge on any atom is -0.365 e. The molecular weight excluding hydrogens is 286 g/mol. The van der Waals surface area contributed by atoms with Crippen molar-refractivity contribution in [2.75, 3.05) is 5.32 Å². The molecule has 0 bridgehead atoms. The number of hydrogen-bond donors (Lipinski definition) is 1. The van der Waals surface area contributed by atoms with Gasteiger partial charge in [0.05, 0.1) is 5.52 Å². The van der Waals surface area contributed by atoms with E-state index in [-0.39, 0.29) is 6.54 Å². The summed E-state index contributed by atoms with van der Waals surface area (Å²) in [5.41, 5.74) is 3.04. The van der Waals surface area contributed by atoms with E-state index < -0.39 is 6.43 Å². The fourth-order valence-corrected chi connectivity index (χ4v) is 2.28. The van der Waals surface area contributed by atoms with Gasteiger partial charge >= 0.3 is 0 Å². The Bertz CT molecular complexity index is 783. The van der Waals surface area contributed by atoms with Crippen molar-refractivity contribution >= 4 is 16.7 Å². The molecule has 0 aliphatic rings. The van der Waals surface area contributed by atoms with Crippen LogP contribution in [0.1, 0.15) is 11.3 Å². The second-order valence-electron chi connectivity index (χ2n) is 5.15. The van der Waals surface area contributed by atoms with Crippen LogP contribution in [0.25, 0.3) is 10.9 Å². The Morgan fingerprint density at radius 2 is 2.05 bits per heavy atom. The first-order chi connectivity index (χ1) is 10.6. The van der Waals surface area contributed by atoms with Crippen LogP contribution in [0.15, 0.2) is 42.6 Å². The van der Waals surface area contributed by atoms with Crippen molar-refractivity contribution < 1.29 is 8.78 Å². The molecule has 0 atom stereocenters. The number of anilines is 1. The van der Waals surface area contributed by atoms with Crippen molar-refractivity contribution in [3.05, 3.63) is 53.9 Å². The van der Waals surface area contributed by atoms with Gasteiger partial charge < -0.3 is 5.32 Å². The highest BCUT2D eigenvalue weighted by Crippen LogP contribution is 2.16. The Morgan fingerprint density at radius 3 is 2.86 bits per heavy atom. The van der Waals surface area contributed by atoms with E-state index in [1.54, 1.807) is 12.3 Å². The number of rotatable bonds is 5. The average molecular weight is 302 g/mol. The Labute approximate surface area is 126 Å². The molecule has 0 fully saturated rings. The van der Waals surface area contributed by atoms with E-state index in [2.05, 4.69) is 21.5 Å². The molecule has 114 valence electrons. The monoisotopic (exact) mass is 302 g/mol. The van der Waals surface area contributed by atoms with Crippen LogP contribution in [0.4, 0.5) is 14.6 Å². The Hall–Kier alpha value is -2.50. The molecule has 22 heavy (non-hydrogen) atoms. The fraction of sp³-hybridized carbons (Fsp3) is 0.250. The summed E-state index contributed by atoms with van der Waals surface area (Å²) < 4.78 is 25.8. The van der Waals surface area contributed by atoms with Gasteiger partial charge in [-0.05, 0) is 30.7 Å². The van der Waals surface area contributed by atoms with Gasteiger partial charge in [0.25, 0.3) is 6.43 Å². The normalized spacial score (nSPS) is 11.3. The maximum atomic E-state index is 12.3. The van der Waals surface area contributed by atoms with Crippen LogP contribution in [0.3, 0.4) is 0 Å². The summed E-state index contributed by atoms with van der Waals surface area (Å²) in [5, 5.41) is 8.26. The molecule has 2 heterocycles. The van der Waals surface area contributed by atoms with Gasteiger partial charge in [-0.3, -0.25) is 9.67 Å². The molecule has 3 rings (SSSR count). The number of aromatic nitrogens is 3. The zero-order valence-electron chi connectivity index (χ0n) is 12.1. The molecule has 0 aliphatic heterocycles. The Balaban J connectivity index is 1.68. The third-order valence-corrected chi connectivity index (χ3v) is 3.33. The summed E-state index contributed by atoms with van der Waals surface area (Å²) in [7, 11) is 0. The predicted octanol–water partition coefficient (Wildman–Crippen LogP) is 3.62. The van der Waals surface area contributed by atoms with E-state index in [9.17, 15) is 8.78 Å². The highest BCUT2D eigenvalue weighted by molar-refractivity contribution is 5.79. The SMILES string of the molecule is Cc1ccc2cc(CNc3ccn(CC(F)F)n3)ccc2n1. The second-order valence-corrected chi connectivity index (χ2v) is 5.15. The largest absolute Gasteiger partial charge is 0.365 e. The maximum Gasteiger partial charge on any atom is 0.257 e. The zero-order chi connectivity index (χ0) is 15.5. The molecule has 0 spiro atoms. The lowest BCUT2D eigenvalue weighted by Crippen LogP contribution is -2.08. The third-order valence-electron chi connectivity index (χ3n) is 3.33. The predicted molar refractivity (Wildman–Crippen MR) is 82.0 cm³/mol. The summed E-state index contributed by atoms with van der Waals surface area (Å²) in [6.45, 7) is 2.16. The second kappa shape index (κ2) is 6.09.